The molecule has 1 heterocycles. The number of para-hydroxylation sites is 2. The predicted molar refractivity (Wildman–Crippen MR) is 87.3 cm³/mol. The molecule has 21 heavy (non-hydrogen) atoms. The van der Waals surface area contributed by atoms with Crippen LogP contribution in [0.5, 0.6) is 5.75 Å². The number of aromatic amines is 1. The average molecular weight is 274 g/mol. The summed E-state index contributed by atoms with van der Waals surface area (Å²) >= 11 is 0. The summed E-state index contributed by atoms with van der Waals surface area (Å²) in [6.45, 7) is 0. The first-order valence-corrected chi connectivity index (χ1v) is 6.82. The molecular formula is C18H14N2O. The van der Waals surface area contributed by atoms with Crippen LogP contribution in [0.25, 0.3) is 32.9 Å². The van der Waals surface area contributed by atoms with Gasteiger partial charge in [-0.05, 0) is 18.2 Å². The molecule has 0 unspecified atom stereocenters. The topological polar surface area (TPSA) is 62.0 Å². The fourth-order valence-electron chi connectivity index (χ4n) is 2.89. The van der Waals surface area contributed by atoms with Crippen LogP contribution in [0.15, 0.2) is 60.7 Å². The number of fused-ring (bicyclic) bond motifs is 3. The van der Waals surface area contributed by atoms with E-state index in [1.54, 1.807) is 12.1 Å². The van der Waals surface area contributed by atoms with Gasteiger partial charge in [0.1, 0.15) is 5.75 Å². The van der Waals surface area contributed by atoms with Gasteiger partial charge in [0.2, 0.25) is 0 Å². The van der Waals surface area contributed by atoms with E-state index in [4.69, 9.17) is 5.73 Å². The molecule has 0 spiro atoms. The van der Waals surface area contributed by atoms with Gasteiger partial charge in [-0.15, -0.1) is 0 Å². The Kier molecular flexibility index (Phi) is 2.42. The van der Waals surface area contributed by atoms with Crippen LogP contribution < -0.4 is 5.73 Å². The predicted octanol–water partition coefficient (Wildman–Crippen LogP) is 4.28. The summed E-state index contributed by atoms with van der Waals surface area (Å²) in [5.41, 5.74) is 10.8. The number of nitrogen functional groups attached to an aromatic ring is 1. The number of benzene rings is 3. The normalized spacial score (nSPS) is 11.2. The molecule has 0 amide bonds. The van der Waals surface area contributed by atoms with Gasteiger partial charge in [0.25, 0.3) is 0 Å². The second-order valence-corrected chi connectivity index (χ2v) is 5.17. The first kappa shape index (κ1) is 11.9. The molecule has 0 aliphatic carbocycles. The summed E-state index contributed by atoms with van der Waals surface area (Å²) in [6.07, 6.45) is 0. The van der Waals surface area contributed by atoms with E-state index in [9.17, 15) is 5.11 Å². The van der Waals surface area contributed by atoms with Gasteiger partial charge in [-0.3, -0.25) is 0 Å². The zero-order valence-electron chi connectivity index (χ0n) is 11.3. The number of phenolic OH excluding ortho intramolecular Hbond substituents is 1. The fourth-order valence-corrected chi connectivity index (χ4v) is 2.89. The fraction of sp³-hybridized carbons (Fsp3) is 0. The number of anilines is 1. The van der Waals surface area contributed by atoms with Crippen LogP contribution in [-0.2, 0) is 0 Å². The van der Waals surface area contributed by atoms with Crippen LogP contribution in [0.2, 0.25) is 0 Å². The van der Waals surface area contributed by atoms with Gasteiger partial charge < -0.3 is 15.8 Å². The maximum atomic E-state index is 9.52. The lowest BCUT2D eigenvalue weighted by atomic mass is 10.0. The monoisotopic (exact) mass is 274 g/mol. The molecule has 102 valence electrons. The van der Waals surface area contributed by atoms with Crippen LogP contribution in [0, 0.1) is 0 Å². The minimum atomic E-state index is 0.181. The maximum Gasteiger partial charge on any atom is 0.117 e. The second kappa shape index (κ2) is 4.28. The number of H-pyrrole nitrogens is 1. The molecule has 0 fully saturated rings. The molecule has 4 N–H and O–H groups in total. The van der Waals surface area contributed by atoms with Gasteiger partial charge in [-0.1, -0.05) is 36.4 Å². The molecule has 0 atom stereocenters. The van der Waals surface area contributed by atoms with Crippen LogP contribution in [0.4, 0.5) is 5.69 Å². The van der Waals surface area contributed by atoms with Crippen LogP contribution >= 0.6 is 0 Å². The van der Waals surface area contributed by atoms with Gasteiger partial charge in [-0.2, -0.15) is 0 Å². The summed E-state index contributed by atoms with van der Waals surface area (Å²) < 4.78 is 0. The van der Waals surface area contributed by atoms with Crippen molar-refractivity contribution in [2.24, 2.45) is 0 Å². The molecule has 0 saturated heterocycles. The Bertz CT molecular complexity index is 969. The van der Waals surface area contributed by atoms with Gasteiger partial charge >= 0.3 is 0 Å². The third kappa shape index (κ3) is 1.75. The highest BCUT2D eigenvalue weighted by Crippen LogP contribution is 2.36. The number of aromatic hydroxyl groups is 1. The number of phenols is 1. The molecular weight excluding hydrogens is 260 g/mol. The van der Waals surface area contributed by atoms with Crippen molar-refractivity contribution in [1.82, 2.24) is 4.98 Å². The van der Waals surface area contributed by atoms with Crippen molar-refractivity contribution < 1.29 is 5.11 Å². The van der Waals surface area contributed by atoms with Crippen molar-refractivity contribution in [2.45, 2.75) is 0 Å². The molecule has 3 heteroatoms. The van der Waals surface area contributed by atoms with Gasteiger partial charge in [0, 0.05) is 39.2 Å². The minimum absolute atomic E-state index is 0.181. The molecule has 4 rings (SSSR count). The van der Waals surface area contributed by atoms with E-state index < -0.39 is 0 Å². The van der Waals surface area contributed by atoms with Crippen molar-refractivity contribution in [2.75, 3.05) is 5.73 Å². The Morgan fingerprint density at radius 3 is 2.48 bits per heavy atom. The Balaban J connectivity index is 2.09. The molecule has 3 aromatic carbocycles. The van der Waals surface area contributed by atoms with Gasteiger partial charge in [0.15, 0.2) is 0 Å². The van der Waals surface area contributed by atoms with Crippen molar-refractivity contribution in [3.05, 3.63) is 60.7 Å². The SMILES string of the molecule is Nc1cc(O)ccc1-c1cccc2c1[nH]c1ccccc12. The van der Waals surface area contributed by atoms with E-state index >= 15 is 0 Å². The summed E-state index contributed by atoms with van der Waals surface area (Å²) in [5.74, 6) is 0.181. The molecule has 1 aromatic heterocycles. The van der Waals surface area contributed by atoms with E-state index in [1.807, 2.05) is 30.3 Å². The van der Waals surface area contributed by atoms with E-state index in [1.165, 1.54) is 10.8 Å². The van der Waals surface area contributed by atoms with Gasteiger partial charge in [0.05, 0.1) is 5.52 Å². The molecule has 3 nitrogen and oxygen atoms in total. The lowest BCUT2D eigenvalue weighted by Gasteiger charge is -2.07. The Morgan fingerprint density at radius 1 is 0.810 bits per heavy atom. The summed E-state index contributed by atoms with van der Waals surface area (Å²) in [4.78, 5) is 3.47. The third-order valence-corrected chi connectivity index (χ3v) is 3.87. The Morgan fingerprint density at radius 2 is 1.62 bits per heavy atom. The Hall–Kier alpha value is -2.94. The highest BCUT2D eigenvalue weighted by Gasteiger charge is 2.11. The molecule has 0 aliphatic heterocycles. The number of nitrogens with two attached hydrogens (primary N) is 1. The molecule has 4 aromatic rings. The van der Waals surface area contributed by atoms with Crippen molar-refractivity contribution in [1.29, 1.82) is 0 Å². The number of rotatable bonds is 1. The number of hydrogen-bond acceptors (Lipinski definition) is 2. The smallest absolute Gasteiger partial charge is 0.117 e. The average Bonchev–Trinajstić information content (AvgIpc) is 2.86. The van der Waals surface area contributed by atoms with Crippen LogP contribution in [0.1, 0.15) is 0 Å². The molecule has 0 aliphatic rings. The first-order valence-electron chi connectivity index (χ1n) is 6.82. The maximum absolute atomic E-state index is 9.52. The summed E-state index contributed by atoms with van der Waals surface area (Å²) in [5, 5.41) is 11.9. The summed E-state index contributed by atoms with van der Waals surface area (Å²) in [7, 11) is 0. The van der Waals surface area contributed by atoms with Crippen LogP contribution in [-0.4, -0.2) is 10.1 Å². The molecule has 0 radical (unpaired) electrons. The second-order valence-electron chi connectivity index (χ2n) is 5.17. The van der Waals surface area contributed by atoms with Gasteiger partial charge in [-0.25, -0.2) is 0 Å². The standard InChI is InChI=1S/C18H14N2O/c19-16-10-11(21)8-9-12(16)14-5-3-6-15-13-4-1-2-7-17(13)20-18(14)15/h1-10,20-21H,19H2. The van der Waals surface area contributed by atoms with E-state index in [-0.39, 0.29) is 5.75 Å². The zero-order valence-corrected chi connectivity index (χ0v) is 11.3. The quantitative estimate of drug-likeness (QED) is 0.454. The number of aromatic nitrogens is 1. The molecule has 0 bridgehead atoms. The number of nitrogens with one attached hydrogen (secondary N) is 1. The largest absolute Gasteiger partial charge is 0.508 e. The van der Waals surface area contributed by atoms with Crippen molar-refractivity contribution in [3.63, 3.8) is 0 Å². The van der Waals surface area contributed by atoms with E-state index in [0.717, 1.165) is 22.2 Å². The van der Waals surface area contributed by atoms with E-state index in [2.05, 4.69) is 23.2 Å². The first-order chi connectivity index (χ1) is 10.2. The lowest BCUT2D eigenvalue weighted by molar-refractivity contribution is 0.476. The van der Waals surface area contributed by atoms with Crippen molar-refractivity contribution >= 4 is 27.5 Å². The highest BCUT2D eigenvalue weighted by atomic mass is 16.3. The minimum Gasteiger partial charge on any atom is -0.508 e. The van der Waals surface area contributed by atoms with E-state index in [0.29, 0.717) is 5.69 Å². The molecule has 0 saturated carbocycles. The third-order valence-electron chi connectivity index (χ3n) is 3.87. The lowest BCUT2D eigenvalue weighted by Crippen LogP contribution is -1.90. The van der Waals surface area contributed by atoms with Crippen LogP contribution in [0.3, 0.4) is 0 Å². The number of hydrogen-bond donors (Lipinski definition) is 3. The Labute approximate surface area is 121 Å². The summed E-state index contributed by atoms with van der Waals surface area (Å²) in [6, 6.07) is 19.5. The highest BCUT2D eigenvalue weighted by molar-refractivity contribution is 6.12. The van der Waals surface area contributed by atoms with Crippen molar-refractivity contribution in [3.8, 4) is 16.9 Å². The zero-order chi connectivity index (χ0) is 14.4.